The Bertz CT molecular complexity index is 656. The standard InChI is InChI=1S/C11H8ClN3O/c1-15-6-7(5-14-15)10-4-9-11(16-10)8(12)2-3-13-9/h2-6H,1H3. The van der Waals surface area contributed by atoms with Crippen LogP contribution in [0.3, 0.4) is 0 Å². The molecule has 0 bridgehead atoms. The molecule has 0 N–H and O–H groups in total. The molecule has 0 aliphatic rings. The average Bonchev–Trinajstić information content (AvgIpc) is 2.84. The van der Waals surface area contributed by atoms with Gasteiger partial charge in [-0.3, -0.25) is 9.67 Å². The van der Waals surface area contributed by atoms with E-state index in [0.29, 0.717) is 10.6 Å². The number of furan rings is 1. The summed E-state index contributed by atoms with van der Waals surface area (Å²) < 4.78 is 7.37. The fourth-order valence-electron chi connectivity index (χ4n) is 1.60. The molecule has 0 atom stereocenters. The maximum atomic E-state index is 6.01. The van der Waals surface area contributed by atoms with E-state index in [0.717, 1.165) is 16.8 Å². The third-order valence-electron chi connectivity index (χ3n) is 2.35. The molecule has 0 saturated carbocycles. The highest BCUT2D eigenvalue weighted by Crippen LogP contribution is 2.30. The minimum absolute atomic E-state index is 0.570. The number of hydrogen-bond acceptors (Lipinski definition) is 3. The second-order valence-electron chi connectivity index (χ2n) is 3.52. The molecule has 0 unspecified atom stereocenters. The Hall–Kier alpha value is -1.81. The Kier molecular flexibility index (Phi) is 1.97. The van der Waals surface area contributed by atoms with E-state index >= 15 is 0 Å². The van der Waals surface area contributed by atoms with Gasteiger partial charge in [0.1, 0.15) is 11.3 Å². The zero-order valence-corrected chi connectivity index (χ0v) is 9.27. The van der Waals surface area contributed by atoms with Crippen LogP contribution in [0.15, 0.2) is 35.1 Å². The molecule has 16 heavy (non-hydrogen) atoms. The minimum atomic E-state index is 0.570. The van der Waals surface area contributed by atoms with Gasteiger partial charge in [0.05, 0.1) is 16.8 Å². The molecule has 0 aliphatic heterocycles. The third-order valence-corrected chi connectivity index (χ3v) is 2.65. The lowest BCUT2D eigenvalue weighted by atomic mass is 10.3. The van der Waals surface area contributed by atoms with Gasteiger partial charge in [0.2, 0.25) is 0 Å². The highest BCUT2D eigenvalue weighted by Gasteiger charge is 2.10. The first-order valence-corrected chi connectivity index (χ1v) is 5.15. The Labute approximate surface area is 96.5 Å². The molecule has 3 rings (SSSR count). The van der Waals surface area contributed by atoms with E-state index < -0.39 is 0 Å². The van der Waals surface area contributed by atoms with Crippen molar-refractivity contribution in [1.82, 2.24) is 14.8 Å². The number of aromatic nitrogens is 3. The van der Waals surface area contributed by atoms with Crippen molar-refractivity contribution in [3.8, 4) is 11.3 Å². The Balaban J connectivity index is 2.22. The molecule has 3 heterocycles. The molecule has 80 valence electrons. The van der Waals surface area contributed by atoms with Gasteiger partial charge in [-0.1, -0.05) is 11.6 Å². The predicted molar refractivity (Wildman–Crippen MR) is 61.2 cm³/mol. The van der Waals surface area contributed by atoms with Crippen molar-refractivity contribution in [2.45, 2.75) is 0 Å². The van der Waals surface area contributed by atoms with Gasteiger partial charge in [-0.25, -0.2) is 0 Å². The zero-order valence-electron chi connectivity index (χ0n) is 8.51. The maximum absolute atomic E-state index is 6.01. The van der Waals surface area contributed by atoms with Gasteiger partial charge in [0.15, 0.2) is 5.58 Å². The van der Waals surface area contributed by atoms with Crippen molar-refractivity contribution in [1.29, 1.82) is 0 Å². The lowest BCUT2D eigenvalue weighted by Crippen LogP contribution is -1.83. The van der Waals surface area contributed by atoms with Crippen LogP contribution in [-0.4, -0.2) is 14.8 Å². The van der Waals surface area contributed by atoms with Crippen LogP contribution >= 0.6 is 11.6 Å². The number of nitrogens with zero attached hydrogens (tertiary/aromatic N) is 3. The van der Waals surface area contributed by atoms with Gasteiger partial charge in [-0.2, -0.15) is 5.10 Å². The van der Waals surface area contributed by atoms with Gasteiger partial charge in [0.25, 0.3) is 0 Å². The largest absolute Gasteiger partial charge is 0.453 e. The molecule has 0 aromatic carbocycles. The van der Waals surface area contributed by atoms with Crippen molar-refractivity contribution in [2.24, 2.45) is 7.05 Å². The summed E-state index contributed by atoms with van der Waals surface area (Å²) in [6.45, 7) is 0. The normalized spacial score (nSPS) is 11.1. The second-order valence-corrected chi connectivity index (χ2v) is 3.93. The smallest absolute Gasteiger partial charge is 0.171 e. The number of aryl methyl sites for hydroxylation is 1. The second kappa shape index (κ2) is 3.35. The van der Waals surface area contributed by atoms with Crippen molar-refractivity contribution >= 4 is 22.7 Å². The first-order valence-electron chi connectivity index (χ1n) is 4.77. The van der Waals surface area contributed by atoms with E-state index in [1.54, 1.807) is 23.1 Å². The summed E-state index contributed by atoms with van der Waals surface area (Å²) in [5, 5.41) is 4.66. The number of pyridine rings is 1. The highest BCUT2D eigenvalue weighted by molar-refractivity contribution is 6.34. The van der Waals surface area contributed by atoms with E-state index in [9.17, 15) is 0 Å². The lowest BCUT2D eigenvalue weighted by Gasteiger charge is -1.89. The van der Waals surface area contributed by atoms with Gasteiger partial charge >= 0.3 is 0 Å². The fourth-order valence-corrected chi connectivity index (χ4v) is 1.79. The Morgan fingerprint density at radius 1 is 1.44 bits per heavy atom. The average molecular weight is 234 g/mol. The zero-order chi connectivity index (χ0) is 11.1. The SMILES string of the molecule is Cn1cc(-c2cc3nccc(Cl)c3o2)cn1. The van der Waals surface area contributed by atoms with E-state index in [1.807, 2.05) is 19.3 Å². The number of rotatable bonds is 1. The quantitative estimate of drug-likeness (QED) is 0.649. The van der Waals surface area contributed by atoms with Crippen molar-refractivity contribution < 1.29 is 4.42 Å². The van der Waals surface area contributed by atoms with Gasteiger partial charge in [-0.15, -0.1) is 0 Å². The topological polar surface area (TPSA) is 43.9 Å². The summed E-state index contributed by atoms with van der Waals surface area (Å²) in [5.41, 5.74) is 2.28. The van der Waals surface area contributed by atoms with Crippen LogP contribution in [0.1, 0.15) is 0 Å². The molecule has 0 radical (unpaired) electrons. The van der Waals surface area contributed by atoms with Crippen molar-refractivity contribution in [3.63, 3.8) is 0 Å². The molecule has 5 heteroatoms. The van der Waals surface area contributed by atoms with Crippen LogP contribution in [0.25, 0.3) is 22.4 Å². The summed E-state index contributed by atoms with van der Waals surface area (Å²) >= 11 is 6.01. The number of fused-ring (bicyclic) bond motifs is 1. The van der Waals surface area contributed by atoms with Crippen LogP contribution in [0.2, 0.25) is 5.02 Å². The van der Waals surface area contributed by atoms with E-state index in [1.165, 1.54) is 0 Å². The molecule has 0 amide bonds. The first-order chi connectivity index (χ1) is 7.74. The Morgan fingerprint density at radius 2 is 2.31 bits per heavy atom. The van der Waals surface area contributed by atoms with Gasteiger partial charge in [0, 0.05) is 25.5 Å². The summed E-state index contributed by atoms with van der Waals surface area (Å²) in [7, 11) is 1.86. The van der Waals surface area contributed by atoms with Crippen LogP contribution in [0.4, 0.5) is 0 Å². The molecule has 0 spiro atoms. The molecule has 0 saturated heterocycles. The summed E-state index contributed by atoms with van der Waals surface area (Å²) in [6, 6.07) is 3.57. The summed E-state index contributed by atoms with van der Waals surface area (Å²) in [4.78, 5) is 4.19. The van der Waals surface area contributed by atoms with Crippen LogP contribution in [0, 0.1) is 0 Å². The predicted octanol–water partition coefficient (Wildman–Crippen LogP) is 2.88. The molecule has 4 nitrogen and oxygen atoms in total. The minimum Gasteiger partial charge on any atom is -0.453 e. The molecular weight excluding hydrogens is 226 g/mol. The molecule has 0 fully saturated rings. The van der Waals surface area contributed by atoms with Crippen molar-refractivity contribution in [3.05, 3.63) is 35.7 Å². The number of hydrogen-bond donors (Lipinski definition) is 0. The molecule has 3 aromatic rings. The highest BCUT2D eigenvalue weighted by atomic mass is 35.5. The van der Waals surface area contributed by atoms with E-state index in [-0.39, 0.29) is 0 Å². The maximum Gasteiger partial charge on any atom is 0.171 e. The first kappa shape index (κ1) is 9.42. The summed E-state index contributed by atoms with van der Waals surface area (Å²) in [5.74, 6) is 0.726. The lowest BCUT2D eigenvalue weighted by molar-refractivity contribution is 0.631. The third kappa shape index (κ3) is 1.39. The summed E-state index contributed by atoms with van der Waals surface area (Å²) in [6.07, 6.45) is 5.28. The Morgan fingerprint density at radius 3 is 3.00 bits per heavy atom. The van der Waals surface area contributed by atoms with E-state index in [4.69, 9.17) is 16.0 Å². The van der Waals surface area contributed by atoms with Crippen LogP contribution < -0.4 is 0 Å². The monoisotopic (exact) mass is 233 g/mol. The van der Waals surface area contributed by atoms with Gasteiger partial charge < -0.3 is 4.42 Å². The molecular formula is C11H8ClN3O. The van der Waals surface area contributed by atoms with Crippen LogP contribution in [0.5, 0.6) is 0 Å². The molecule has 0 aliphatic carbocycles. The number of halogens is 1. The van der Waals surface area contributed by atoms with Crippen LogP contribution in [-0.2, 0) is 7.05 Å². The fraction of sp³-hybridized carbons (Fsp3) is 0.0909. The van der Waals surface area contributed by atoms with Gasteiger partial charge in [-0.05, 0) is 6.07 Å². The van der Waals surface area contributed by atoms with E-state index in [2.05, 4.69) is 10.1 Å². The molecule has 3 aromatic heterocycles. The van der Waals surface area contributed by atoms with Crippen molar-refractivity contribution in [2.75, 3.05) is 0 Å².